The minimum atomic E-state index is -0.766. The molecule has 0 aromatic heterocycles. The van der Waals surface area contributed by atoms with Crippen LogP contribution in [0.4, 0.5) is 0 Å². The van der Waals surface area contributed by atoms with Crippen molar-refractivity contribution < 1.29 is 28.6 Å². The molecule has 0 heterocycles. The van der Waals surface area contributed by atoms with Gasteiger partial charge >= 0.3 is 17.9 Å². The number of ether oxygens (including phenoxy) is 3. The maximum atomic E-state index is 12.8. The largest absolute Gasteiger partial charge is 0.462 e. The molecule has 1 unspecified atom stereocenters. The maximum Gasteiger partial charge on any atom is 0.306 e. The van der Waals surface area contributed by atoms with Crippen LogP contribution in [0, 0.1) is 0 Å². The first-order valence-electron chi connectivity index (χ1n) is 30.2. The van der Waals surface area contributed by atoms with E-state index in [0.717, 1.165) is 57.8 Å². The van der Waals surface area contributed by atoms with Crippen LogP contribution in [0.2, 0.25) is 0 Å². The van der Waals surface area contributed by atoms with E-state index in [4.69, 9.17) is 14.2 Å². The van der Waals surface area contributed by atoms with Gasteiger partial charge in [0.1, 0.15) is 13.2 Å². The van der Waals surface area contributed by atoms with Crippen molar-refractivity contribution in [3.63, 3.8) is 0 Å². The van der Waals surface area contributed by atoms with E-state index in [1.165, 1.54) is 244 Å². The molecule has 0 aromatic carbocycles. The zero-order valence-corrected chi connectivity index (χ0v) is 45.5. The Bertz CT molecular complexity index is 1040. The minimum Gasteiger partial charge on any atom is -0.462 e. The lowest BCUT2D eigenvalue weighted by Gasteiger charge is -2.18. The molecular weight excluding hydrogens is 829 g/mol. The van der Waals surface area contributed by atoms with Crippen LogP contribution < -0.4 is 0 Å². The summed E-state index contributed by atoms with van der Waals surface area (Å²) in [5.74, 6) is -0.847. The molecule has 6 nitrogen and oxygen atoms in total. The van der Waals surface area contributed by atoms with E-state index in [9.17, 15) is 14.4 Å². The van der Waals surface area contributed by atoms with Crippen LogP contribution in [0.15, 0.2) is 12.2 Å². The molecule has 1 atom stereocenters. The summed E-state index contributed by atoms with van der Waals surface area (Å²) in [6, 6.07) is 0. The Kier molecular flexibility index (Phi) is 55.2. The summed E-state index contributed by atoms with van der Waals surface area (Å²) >= 11 is 0. The van der Waals surface area contributed by atoms with Crippen LogP contribution in [-0.4, -0.2) is 37.2 Å². The van der Waals surface area contributed by atoms with Crippen molar-refractivity contribution in [2.24, 2.45) is 0 Å². The smallest absolute Gasteiger partial charge is 0.306 e. The van der Waals surface area contributed by atoms with Crippen molar-refractivity contribution in [1.29, 1.82) is 0 Å². The van der Waals surface area contributed by atoms with E-state index < -0.39 is 6.10 Å². The van der Waals surface area contributed by atoms with Gasteiger partial charge in [-0.25, -0.2) is 0 Å². The molecule has 0 aromatic rings. The predicted molar refractivity (Wildman–Crippen MR) is 289 cm³/mol. The number of carbonyl (C=O) groups excluding carboxylic acids is 3. The molecule has 0 aliphatic heterocycles. The van der Waals surface area contributed by atoms with Gasteiger partial charge in [0, 0.05) is 19.3 Å². The van der Waals surface area contributed by atoms with Gasteiger partial charge in [-0.05, 0) is 44.9 Å². The Balaban J connectivity index is 4.22. The van der Waals surface area contributed by atoms with Gasteiger partial charge in [-0.2, -0.15) is 0 Å². The van der Waals surface area contributed by atoms with E-state index in [1.807, 2.05) is 0 Å². The van der Waals surface area contributed by atoms with E-state index in [-0.39, 0.29) is 31.1 Å². The number of hydrogen-bond donors (Lipinski definition) is 0. The standard InChI is InChI=1S/C61H116O6/c1-4-7-10-13-16-19-22-24-26-28-30-31-32-34-35-37-39-42-45-48-51-54-60(63)66-57-58(56-65-59(62)53-50-47-44-41-21-18-15-12-9-6-3)67-61(64)55-52-49-46-43-40-38-36-33-29-27-25-23-20-17-14-11-8-5-2/h27,29,58H,4-26,28,30-57H2,1-3H3/b29-27-. The van der Waals surface area contributed by atoms with Crippen molar-refractivity contribution >= 4 is 17.9 Å². The Morgan fingerprint density at radius 2 is 0.493 bits per heavy atom. The van der Waals surface area contributed by atoms with E-state index in [0.29, 0.717) is 19.3 Å². The highest BCUT2D eigenvalue weighted by Crippen LogP contribution is 2.17. The van der Waals surface area contributed by atoms with Gasteiger partial charge in [-0.1, -0.05) is 290 Å². The van der Waals surface area contributed by atoms with Crippen molar-refractivity contribution in [3.05, 3.63) is 12.2 Å². The second kappa shape index (κ2) is 56.7. The third kappa shape index (κ3) is 55.0. The van der Waals surface area contributed by atoms with Crippen LogP contribution in [-0.2, 0) is 28.6 Å². The minimum absolute atomic E-state index is 0.0658. The number of carbonyl (C=O) groups is 3. The molecule has 67 heavy (non-hydrogen) atoms. The zero-order valence-electron chi connectivity index (χ0n) is 45.5. The fraction of sp³-hybridized carbons (Fsp3) is 0.918. The molecule has 0 saturated heterocycles. The SMILES string of the molecule is CCCCCCCCC/C=C\CCCCCCCCCC(=O)OC(COC(=O)CCCCCCCCCCCC)COC(=O)CCCCCCCCCCCCCCCCCCCCCCC. The Labute approximate surface area is 418 Å². The summed E-state index contributed by atoms with van der Waals surface area (Å²) in [4.78, 5) is 38.1. The molecule has 0 saturated carbocycles. The summed E-state index contributed by atoms with van der Waals surface area (Å²) in [6.07, 6.45) is 65.0. The summed E-state index contributed by atoms with van der Waals surface area (Å²) < 4.78 is 16.9. The molecule has 0 aliphatic rings. The lowest BCUT2D eigenvalue weighted by molar-refractivity contribution is -0.167. The molecular formula is C61H116O6. The van der Waals surface area contributed by atoms with Crippen LogP contribution in [0.5, 0.6) is 0 Å². The molecule has 396 valence electrons. The third-order valence-electron chi connectivity index (χ3n) is 13.8. The summed E-state index contributed by atoms with van der Waals surface area (Å²) in [7, 11) is 0. The average molecular weight is 946 g/mol. The van der Waals surface area contributed by atoms with E-state index in [2.05, 4.69) is 32.9 Å². The van der Waals surface area contributed by atoms with E-state index in [1.54, 1.807) is 0 Å². The predicted octanol–water partition coefficient (Wildman–Crippen LogP) is 20.1. The number of allylic oxidation sites excluding steroid dienone is 2. The number of unbranched alkanes of at least 4 members (excludes halogenated alkanes) is 43. The Morgan fingerprint density at radius 3 is 0.746 bits per heavy atom. The monoisotopic (exact) mass is 945 g/mol. The zero-order chi connectivity index (χ0) is 48.6. The quantitative estimate of drug-likeness (QED) is 0.0262. The first kappa shape index (κ1) is 65.1. The number of esters is 3. The first-order chi connectivity index (χ1) is 33.0. The van der Waals surface area contributed by atoms with Crippen molar-refractivity contribution in [2.75, 3.05) is 13.2 Å². The van der Waals surface area contributed by atoms with Crippen molar-refractivity contribution in [1.82, 2.24) is 0 Å². The number of rotatable bonds is 56. The molecule has 0 fully saturated rings. The normalized spacial score (nSPS) is 12.0. The topological polar surface area (TPSA) is 78.9 Å². The van der Waals surface area contributed by atoms with Crippen LogP contribution in [0.25, 0.3) is 0 Å². The average Bonchev–Trinajstić information content (AvgIpc) is 3.33. The highest BCUT2D eigenvalue weighted by molar-refractivity contribution is 5.71. The molecule has 0 N–H and O–H groups in total. The fourth-order valence-electron chi connectivity index (χ4n) is 9.21. The van der Waals surface area contributed by atoms with Gasteiger partial charge in [0.25, 0.3) is 0 Å². The fourth-order valence-corrected chi connectivity index (χ4v) is 9.21. The summed E-state index contributed by atoms with van der Waals surface area (Å²) in [5.41, 5.74) is 0. The van der Waals surface area contributed by atoms with Gasteiger partial charge in [0.15, 0.2) is 6.10 Å². The van der Waals surface area contributed by atoms with Gasteiger partial charge in [0.05, 0.1) is 0 Å². The molecule has 0 spiro atoms. The molecule has 6 heteroatoms. The summed E-state index contributed by atoms with van der Waals surface area (Å²) in [6.45, 7) is 6.68. The lowest BCUT2D eigenvalue weighted by atomic mass is 10.0. The second-order valence-corrected chi connectivity index (χ2v) is 20.6. The highest BCUT2D eigenvalue weighted by atomic mass is 16.6. The maximum absolute atomic E-state index is 12.8. The third-order valence-corrected chi connectivity index (χ3v) is 13.8. The van der Waals surface area contributed by atoms with Crippen LogP contribution in [0.1, 0.15) is 342 Å². The van der Waals surface area contributed by atoms with Crippen LogP contribution >= 0.6 is 0 Å². The van der Waals surface area contributed by atoms with Gasteiger partial charge in [-0.15, -0.1) is 0 Å². The first-order valence-corrected chi connectivity index (χ1v) is 30.2. The van der Waals surface area contributed by atoms with Gasteiger partial charge in [-0.3, -0.25) is 14.4 Å². The molecule has 0 amide bonds. The molecule has 0 bridgehead atoms. The van der Waals surface area contributed by atoms with E-state index >= 15 is 0 Å². The van der Waals surface area contributed by atoms with Crippen LogP contribution in [0.3, 0.4) is 0 Å². The number of hydrogen-bond acceptors (Lipinski definition) is 6. The second-order valence-electron chi connectivity index (χ2n) is 20.6. The highest BCUT2D eigenvalue weighted by Gasteiger charge is 2.19. The Hall–Kier alpha value is -1.85. The Morgan fingerprint density at radius 1 is 0.284 bits per heavy atom. The lowest BCUT2D eigenvalue weighted by Crippen LogP contribution is -2.30. The van der Waals surface area contributed by atoms with Gasteiger partial charge < -0.3 is 14.2 Å². The molecule has 0 rings (SSSR count). The van der Waals surface area contributed by atoms with Crippen molar-refractivity contribution in [3.8, 4) is 0 Å². The van der Waals surface area contributed by atoms with Gasteiger partial charge in [0.2, 0.25) is 0 Å². The molecule has 0 aliphatic carbocycles. The van der Waals surface area contributed by atoms with Crippen molar-refractivity contribution in [2.45, 2.75) is 348 Å². The molecule has 0 radical (unpaired) electrons. The summed E-state index contributed by atoms with van der Waals surface area (Å²) in [5, 5.41) is 0.